The van der Waals surface area contributed by atoms with Crippen LogP contribution in [0.3, 0.4) is 0 Å². The maximum Gasteiger partial charge on any atom is 0.302 e. The Hall–Kier alpha value is -2.20. The fourth-order valence-electron chi connectivity index (χ4n) is 2.81. The standard InChI is InChI=1S/C19H28N2O7.C2H6/c1-12(23)26-11-13-3-4-17(16(7-13)19(25)21-6-5-20-2)28-18-9-14(24)8-15(10-22)27-18;1-2/h3-4,7,14-15,18,20,22,24H,5-6,8-11H2,1-2H3,(H,21,25);1-2H3. The lowest BCUT2D eigenvalue weighted by Gasteiger charge is -2.32. The topological polar surface area (TPSA) is 126 Å². The molecule has 9 heteroatoms. The van der Waals surface area contributed by atoms with Gasteiger partial charge in [-0.25, -0.2) is 0 Å². The van der Waals surface area contributed by atoms with Crippen LogP contribution < -0.4 is 15.4 Å². The molecule has 1 saturated heterocycles. The van der Waals surface area contributed by atoms with Crippen molar-refractivity contribution in [2.24, 2.45) is 0 Å². The van der Waals surface area contributed by atoms with E-state index < -0.39 is 24.5 Å². The van der Waals surface area contributed by atoms with Crippen LogP contribution in [0.25, 0.3) is 0 Å². The first-order chi connectivity index (χ1) is 14.4. The van der Waals surface area contributed by atoms with Gasteiger partial charge in [-0.15, -0.1) is 0 Å². The first kappa shape index (κ1) is 25.8. The minimum Gasteiger partial charge on any atom is -0.464 e. The lowest BCUT2D eigenvalue weighted by atomic mass is 10.1. The largest absolute Gasteiger partial charge is 0.464 e. The molecule has 0 spiro atoms. The van der Waals surface area contributed by atoms with Crippen LogP contribution in [0, 0.1) is 0 Å². The molecule has 1 aromatic carbocycles. The Morgan fingerprint density at radius 3 is 2.60 bits per heavy atom. The number of carbonyl (C=O) groups is 2. The molecule has 4 N–H and O–H groups in total. The maximum absolute atomic E-state index is 12.6. The summed E-state index contributed by atoms with van der Waals surface area (Å²) in [6, 6.07) is 4.88. The molecule has 9 nitrogen and oxygen atoms in total. The van der Waals surface area contributed by atoms with Crippen LogP contribution in [-0.4, -0.2) is 67.3 Å². The lowest BCUT2D eigenvalue weighted by molar-refractivity contribution is -0.184. The molecule has 170 valence electrons. The predicted molar refractivity (Wildman–Crippen MR) is 111 cm³/mol. The average Bonchev–Trinajstić information content (AvgIpc) is 2.74. The number of esters is 1. The SMILES string of the molecule is CC.CNCCNC(=O)c1cc(COC(C)=O)ccc1OC1CC(O)CC(CO)O1. The maximum atomic E-state index is 12.6. The van der Waals surface area contributed by atoms with Crippen LogP contribution in [0.4, 0.5) is 0 Å². The second-order valence-electron chi connectivity index (χ2n) is 6.58. The zero-order valence-electron chi connectivity index (χ0n) is 18.1. The molecule has 1 aromatic rings. The summed E-state index contributed by atoms with van der Waals surface area (Å²) in [6.45, 7) is 6.15. The van der Waals surface area contributed by atoms with Crippen LogP contribution in [0.1, 0.15) is 49.5 Å². The number of aliphatic hydroxyl groups excluding tert-OH is 2. The van der Waals surface area contributed by atoms with Crippen molar-refractivity contribution < 1.29 is 34.0 Å². The smallest absolute Gasteiger partial charge is 0.302 e. The van der Waals surface area contributed by atoms with Crippen molar-refractivity contribution in [1.82, 2.24) is 10.6 Å². The monoisotopic (exact) mass is 426 g/mol. The van der Waals surface area contributed by atoms with Crippen molar-refractivity contribution in [3.8, 4) is 5.75 Å². The fraction of sp³-hybridized carbons (Fsp3) is 0.619. The molecule has 1 amide bonds. The molecular formula is C21H34N2O7. The summed E-state index contributed by atoms with van der Waals surface area (Å²) in [4.78, 5) is 23.6. The molecule has 3 unspecified atom stereocenters. The van der Waals surface area contributed by atoms with Gasteiger partial charge in [0.1, 0.15) is 12.4 Å². The van der Waals surface area contributed by atoms with E-state index in [4.69, 9.17) is 14.2 Å². The number of ether oxygens (including phenoxy) is 3. The molecule has 0 aromatic heterocycles. The van der Waals surface area contributed by atoms with Crippen LogP contribution in [-0.2, 0) is 20.9 Å². The normalized spacial score (nSPS) is 20.5. The molecule has 0 aliphatic carbocycles. The van der Waals surface area contributed by atoms with Crippen molar-refractivity contribution in [3.63, 3.8) is 0 Å². The van der Waals surface area contributed by atoms with Crippen molar-refractivity contribution in [1.29, 1.82) is 0 Å². The Balaban J connectivity index is 0.00000218. The summed E-state index contributed by atoms with van der Waals surface area (Å²) in [5.74, 6) is -0.477. The molecule has 0 saturated carbocycles. The molecule has 2 rings (SSSR count). The molecule has 0 bridgehead atoms. The molecule has 1 fully saturated rings. The Morgan fingerprint density at radius 1 is 1.23 bits per heavy atom. The van der Waals surface area contributed by atoms with Gasteiger partial charge in [0.05, 0.1) is 24.4 Å². The Morgan fingerprint density at radius 2 is 1.97 bits per heavy atom. The van der Waals surface area contributed by atoms with Crippen molar-refractivity contribution in [2.75, 3.05) is 26.7 Å². The highest BCUT2D eigenvalue weighted by atomic mass is 16.7. The van der Waals surface area contributed by atoms with Crippen LogP contribution >= 0.6 is 0 Å². The van der Waals surface area contributed by atoms with E-state index in [9.17, 15) is 19.8 Å². The number of hydrogen-bond acceptors (Lipinski definition) is 8. The highest BCUT2D eigenvalue weighted by Crippen LogP contribution is 2.27. The molecule has 0 radical (unpaired) electrons. The van der Waals surface area contributed by atoms with Gasteiger partial charge in [0.2, 0.25) is 6.29 Å². The minimum atomic E-state index is -0.788. The van der Waals surface area contributed by atoms with Gasteiger partial charge in [-0.2, -0.15) is 0 Å². The van der Waals surface area contributed by atoms with Crippen molar-refractivity contribution in [3.05, 3.63) is 29.3 Å². The van der Waals surface area contributed by atoms with Crippen molar-refractivity contribution in [2.45, 2.75) is 58.7 Å². The average molecular weight is 427 g/mol. The Kier molecular flexibility index (Phi) is 12.0. The number of carbonyl (C=O) groups excluding carboxylic acids is 2. The molecule has 3 atom stereocenters. The first-order valence-electron chi connectivity index (χ1n) is 10.2. The van der Waals surface area contributed by atoms with E-state index in [1.165, 1.54) is 6.92 Å². The molecular weight excluding hydrogens is 392 g/mol. The number of aliphatic hydroxyl groups is 2. The number of hydrogen-bond donors (Lipinski definition) is 4. The number of amides is 1. The predicted octanol–water partition coefficient (Wildman–Crippen LogP) is 0.962. The van der Waals surface area contributed by atoms with E-state index in [1.54, 1.807) is 25.2 Å². The van der Waals surface area contributed by atoms with E-state index >= 15 is 0 Å². The third-order valence-corrected chi connectivity index (χ3v) is 4.20. The van der Waals surface area contributed by atoms with E-state index in [0.29, 0.717) is 25.1 Å². The van der Waals surface area contributed by atoms with Gasteiger partial charge >= 0.3 is 5.97 Å². The summed E-state index contributed by atoms with van der Waals surface area (Å²) in [5.41, 5.74) is 0.907. The third kappa shape index (κ3) is 8.66. The zero-order valence-corrected chi connectivity index (χ0v) is 18.1. The zero-order chi connectivity index (χ0) is 22.5. The van der Waals surface area contributed by atoms with Gasteiger partial charge in [0.15, 0.2) is 0 Å². The van der Waals surface area contributed by atoms with Crippen LogP contribution in [0.15, 0.2) is 18.2 Å². The Labute approximate surface area is 177 Å². The van der Waals surface area contributed by atoms with Crippen LogP contribution in [0.5, 0.6) is 5.75 Å². The van der Waals surface area contributed by atoms with Gasteiger partial charge in [0, 0.05) is 32.9 Å². The second-order valence-corrected chi connectivity index (χ2v) is 6.58. The molecule has 30 heavy (non-hydrogen) atoms. The summed E-state index contributed by atoms with van der Waals surface area (Å²) in [6.07, 6.45) is -1.41. The fourth-order valence-corrected chi connectivity index (χ4v) is 2.81. The molecule has 1 heterocycles. The highest BCUT2D eigenvalue weighted by Gasteiger charge is 2.30. The lowest BCUT2D eigenvalue weighted by Crippen LogP contribution is -2.40. The minimum absolute atomic E-state index is 0.0393. The number of benzene rings is 1. The number of nitrogens with one attached hydrogen (secondary N) is 2. The van der Waals surface area contributed by atoms with Gasteiger partial charge < -0.3 is 35.1 Å². The van der Waals surface area contributed by atoms with E-state index in [2.05, 4.69) is 10.6 Å². The van der Waals surface area contributed by atoms with E-state index in [-0.39, 0.29) is 36.9 Å². The summed E-state index contributed by atoms with van der Waals surface area (Å²) < 4.78 is 16.4. The van der Waals surface area contributed by atoms with Gasteiger partial charge in [-0.1, -0.05) is 19.9 Å². The van der Waals surface area contributed by atoms with Crippen LogP contribution in [0.2, 0.25) is 0 Å². The summed E-state index contributed by atoms with van der Waals surface area (Å²) >= 11 is 0. The summed E-state index contributed by atoms with van der Waals surface area (Å²) in [7, 11) is 1.78. The second kappa shape index (κ2) is 13.9. The first-order valence-corrected chi connectivity index (χ1v) is 10.2. The number of rotatable bonds is 9. The van der Waals surface area contributed by atoms with Gasteiger partial charge in [-0.05, 0) is 24.7 Å². The summed E-state index contributed by atoms with van der Waals surface area (Å²) in [5, 5.41) is 25.0. The van der Waals surface area contributed by atoms with Gasteiger partial charge in [-0.3, -0.25) is 9.59 Å². The molecule has 1 aliphatic heterocycles. The number of likely N-dealkylation sites (N-methyl/N-ethyl adjacent to an activating group) is 1. The Bertz CT molecular complexity index is 669. The van der Waals surface area contributed by atoms with E-state index in [0.717, 1.165) is 0 Å². The quantitative estimate of drug-likeness (QED) is 0.340. The molecule has 1 aliphatic rings. The van der Waals surface area contributed by atoms with Crippen molar-refractivity contribution >= 4 is 11.9 Å². The highest BCUT2D eigenvalue weighted by molar-refractivity contribution is 5.97. The van der Waals surface area contributed by atoms with E-state index in [1.807, 2.05) is 13.8 Å². The third-order valence-electron chi connectivity index (χ3n) is 4.20. The van der Waals surface area contributed by atoms with Gasteiger partial charge in [0.25, 0.3) is 5.91 Å².